The molecule has 0 spiro atoms. The topological polar surface area (TPSA) is 25.4 Å². The Bertz CT molecular complexity index is 562. The summed E-state index contributed by atoms with van der Waals surface area (Å²) >= 11 is 9.35. The molecule has 0 amide bonds. The van der Waals surface area contributed by atoms with Crippen LogP contribution in [0.25, 0.3) is 0 Å². The number of pyridine rings is 1. The first-order valence-electron chi connectivity index (χ1n) is 5.31. The number of nitrogens with zero attached hydrogens (tertiary/aromatic N) is 2. The zero-order valence-corrected chi connectivity index (χ0v) is 12.4. The number of methoxy groups -OCH3 is 1. The molecule has 0 aliphatic carbocycles. The maximum Gasteiger partial charge on any atom is 0.147 e. The number of ether oxygens (including phenoxy) is 1. The fourth-order valence-corrected chi connectivity index (χ4v) is 2.58. The van der Waals surface area contributed by atoms with Crippen LogP contribution in [0.15, 0.2) is 41.0 Å². The van der Waals surface area contributed by atoms with Crippen LogP contribution < -0.4 is 9.64 Å². The molecule has 0 saturated heterocycles. The van der Waals surface area contributed by atoms with E-state index >= 15 is 0 Å². The van der Waals surface area contributed by atoms with Crippen molar-refractivity contribution in [2.24, 2.45) is 0 Å². The Hall–Kier alpha value is -1.26. The SMILES string of the molecule is COc1ccccc1N(C)c1ncc(Cl)cc1Br. The standard InChI is InChI=1S/C13H12BrClN2O/c1-17(11-5-3-4-6-12(11)18-2)13-10(14)7-9(15)8-16-13/h3-8H,1-2H3. The van der Waals surface area contributed by atoms with Gasteiger partial charge in [-0.2, -0.15) is 0 Å². The van der Waals surface area contributed by atoms with Crippen LogP contribution in [0.1, 0.15) is 0 Å². The van der Waals surface area contributed by atoms with Crippen LogP contribution in [0.5, 0.6) is 5.75 Å². The molecule has 0 bridgehead atoms. The molecule has 0 saturated carbocycles. The largest absolute Gasteiger partial charge is 0.495 e. The van der Waals surface area contributed by atoms with E-state index in [4.69, 9.17) is 16.3 Å². The van der Waals surface area contributed by atoms with E-state index in [1.807, 2.05) is 42.3 Å². The summed E-state index contributed by atoms with van der Waals surface area (Å²) in [6.07, 6.45) is 1.62. The van der Waals surface area contributed by atoms with E-state index in [-0.39, 0.29) is 0 Å². The number of hydrogen-bond acceptors (Lipinski definition) is 3. The molecule has 1 aromatic heterocycles. The molecule has 3 nitrogen and oxygen atoms in total. The lowest BCUT2D eigenvalue weighted by atomic mass is 10.2. The van der Waals surface area contributed by atoms with Gasteiger partial charge in [0.05, 0.1) is 22.3 Å². The van der Waals surface area contributed by atoms with Gasteiger partial charge in [-0.3, -0.25) is 0 Å². The zero-order chi connectivity index (χ0) is 13.1. The van der Waals surface area contributed by atoms with Crippen LogP contribution in [0.2, 0.25) is 5.02 Å². The Morgan fingerprint density at radius 1 is 1.33 bits per heavy atom. The van der Waals surface area contributed by atoms with Gasteiger partial charge in [0.2, 0.25) is 0 Å². The Kier molecular flexibility index (Phi) is 4.09. The van der Waals surface area contributed by atoms with Gasteiger partial charge < -0.3 is 9.64 Å². The molecule has 2 rings (SSSR count). The maximum absolute atomic E-state index is 5.89. The Labute approximate surface area is 119 Å². The summed E-state index contributed by atoms with van der Waals surface area (Å²) in [6.45, 7) is 0. The van der Waals surface area contributed by atoms with Crippen LogP contribution in [0.3, 0.4) is 0 Å². The van der Waals surface area contributed by atoms with Crippen molar-refractivity contribution in [1.82, 2.24) is 4.98 Å². The van der Waals surface area contributed by atoms with Crippen molar-refractivity contribution in [3.05, 3.63) is 46.0 Å². The highest BCUT2D eigenvalue weighted by Gasteiger charge is 2.13. The van der Waals surface area contributed by atoms with Gasteiger partial charge in [-0.1, -0.05) is 23.7 Å². The van der Waals surface area contributed by atoms with Crippen molar-refractivity contribution in [2.45, 2.75) is 0 Å². The summed E-state index contributed by atoms with van der Waals surface area (Å²) in [5.74, 6) is 1.58. The van der Waals surface area contributed by atoms with Crippen molar-refractivity contribution in [3.8, 4) is 5.75 Å². The smallest absolute Gasteiger partial charge is 0.147 e. The first kappa shape index (κ1) is 13.2. The van der Waals surface area contributed by atoms with Crippen molar-refractivity contribution in [2.75, 3.05) is 19.1 Å². The van der Waals surface area contributed by atoms with E-state index in [1.165, 1.54) is 0 Å². The minimum Gasteiger partial charge on any atom is -0.495 e. The van der Waals surface area contributed by atoms with Gasteiger partial charge in [-0.25, -0.2) is 4.98 Å². The normalized spacial score (nSPS) is 10.2. The lowest BCUT2D eigenvalue weighted by Gasteiger charge is -2.21. The summed E-state index contributed by atoms with van der Waals surface area (Å²) in [7, 11) is 3.58. The third kappa shape index (κ3) is 2.60. The van der Waals surface area contributed by atoms with E-state index in [9.17, 15) is 0 Å². The summed E-state index contributed by atoms with van der Waals surface area (Å²) in [5.41, 5.74) is 0.940. The Balaban J connectivity index is 2.44. The lowest BCUT2D eigenvalue weighted by Crippen LogP contribution is -2.12. The third-order valence-electron chi connectivity index (χ3n) is 2.55. The number of para-hydroxylation sites is 2. The van der Waals surface area contributed by atoms with Crippen LogP contribution in [0, 0.1) is 0 Å². The van der Waals surface area contributed by atoms with Crippen LogP contribution in [-0.4, -0.2) is 19.1 Å². The van der Waals surface area contributed by atoms with E-state index in [0.717, 1.165) is 21.7 Å². The first-order valence-corrected chi connectivity index (χ1v) is 6.48. The molecule has 0 atom stereocenters. The highest BCUT2D eigenvalue weighted by atomic mass is 79.9. The molecule has 94 valence electrons. The van der Waals surface area contributed by atoms with E-state index in [2.05, 4.69) is 20.9 Å². The predicted molar refractivity (Wildman–Crippen MR) is 78.0 cm³/mol. The van der Waals surface area contributed by atoms with E-state index < -0.39 is 0 Å². The van der Waals surface area contributed by atoms with Crippen molar-refractivity contribution in [1.29, 1.82) is 0 Å². The van der Waals surface area contributed by atoms with Gasteiger partial charge in [0.25, 0.3) is 0 Å². The quantitative estimate of drug-likeness (QED) is 0.841. The molecule has 0 aliphatic heterocycles. The summed E-state index contributed by atoms with van der Waals surface area (Å²) in [5, 5.41) is 0.596. The highest BCUT2D eigenvalue weighted by molar-refractivity contribution is 9.10. The fourth-order valence-electron chi connectivity index (χ4n) is 1.68. The second kappa shape index (κ2) is 5.59. The lowest BCUT2D eigenvalue weighted by molar-refractivity contribution is 0.415. The minimum absolute atomic E-state index is 0.596. The number of benzene rings is 1. The minimum atomic E-state index is 0.596. The Morgan fingerprint density at radius 2 is 2.06 bits per heavy atom. The second-order valence-corrected chi connectivity index (χ2v) is 4.98. The maximum atomic E-state index is 5.89. The molecule has 1 aromatic carbocycles. The molecule has 0 aliphatic rings. The average Bonchev–Trinajstić information content (AvgIpc) is 2.38. The zero-order valence-electron chi connectivity index (χ0n) is 10.0. The van der Waals surface area contributed by atoms with E-state index in [1.54, 1.807) is 13.3 Å². The number of halogens is 2. The third-order valence-corrected chi connectivity index (χ3v) is 3.34. The van der Waals surface area contributed by atoms with Crippen molar-refractivity contribution in [3.63, 3.8) is 0 Å². The van der Waals surface area contributed by atoms with Crippen LogP contribution in [-0.2, 0) is 0 Å². The van der Waals surface area contributed by atoms with Gasteiger partial charge in [-0.05, 0) is 34.1 Å². The molecule has 2 aromatic rings. The fraction of sp³-hybridized carbons (Fsp3) is 0.154. The number of anilines is 2. The predicted octanol–water partition coefficient (Wildman–Crippen LogP) is 4.27. The highest BCUT2D eigenvalue weighted by Crippen LogP contribution is 2.35. The van der Waals surface area contributed by atoms with E-state index in [0.29, 0.717) is 5.02 Å². The number of hydrogen-bond donors (Lipinski definition) is 0. The summed E-state index contributed by atoms with van der Waals surface area (Å²) < 4.78 is 6.18. The second-order valence-electron chi connectivity index (χ2n) is 3.69. The molecule has 0 fully saturated rings. The molecular formula is C13H12BrClN2O. The van der Waals surface area contributed by atoms with Crippen molar-refractivity contribution >= 4 is 39.0 Å². The van der Waals surface area contributed by atoms with Crippen LogP contribution in [0.4, 0.5) is 11.5 Å². The molecule has 1 heterocycles. The number of aromatic nitrogens is 1. The molecular weight excluding hydrogens is 316 g/mol. The summed E-state index contributed by atoms with van der Waals surface area (Å²) in [4.78, 5) is 6.26. The monoisotopic (exact) mass is 326 g/mol. The average molecular weight is 328 g/mol. The van der Waals surface area contributed by atoms with Gasteiger partial charge in [0, 0.05) is 13.2 Å². The van der Waals surface area contributed by atoms with Gasteiger partial charge in [0.15, 0.2) is 0 Å². The van der Waals surface area contributed by atoms with Gasteiger partial charge in [-0.15, -0.1) is 0 Å². The van der Waals surface area contributed by atoms with Crippen molar-refractivity contribution < 1.29 is 4.74 Å². The van der Waals surface area contributed by atoms with Gasteiger partial charge in [0.1, 0.15) is 11.6 Å². The van der Waals surface area contributed by atoms with Crippen LogP contribution >= 0.6 is 27.5 Å². The molecule has 0 radical (unpaired) electrons. The molecule has 5 heteroatoms. The van der Waals surface area contributed by atoms with Gasteiger partial charge >= 0.3 is 0 Å². The first-order chi connectivity index (χ1) is 8.63. The molecule has 0 N–H and O–H groups in total. The molecule has 0 unspecified atom stereocenters. The summed E-state index contributed by atoms with van der Waals surface area (Å²) in [6, 6.07) is 9.59. The Morgan fingerprint density at radius 3 is 2.72 bits per heavy atom. The molecule has 18 heavy (non-hydrogen) atoms. The number of rotatable bonds is 3.